The van der Waals surface area contributed by atoms with E-state index in [4.69, 9.17) is 0 Å². The lowest BCUT2D eigenvalue weighted by Crippen LogP contribution is -2.60. The minimum atomic E-state index is -4.58. The van der Waals surface area contributed by atoms with E-state index < -0.39 is 17.5 Å². The normalized spacial score (nSPS) is 23.7. The topological polar surface area (TPSA) is 78.1 Å². The van der Waals surface area contributed by atoms with Crippen LogP contribution in [-0.4, -0.2) is 45.3 Å². The van der Waals surface area contributed by atoms with E-state index in [-0.39, 0.29) is 28.4 Å². The molecule has 1 aromatic heterocycles. The molecule has 1 spiro atoms. The monoisotopic (exact) mass is 366 g/mol. The van der Waals surface area contributed by atoms with Gasteiger partial charge in [0.2, 0.25) is 11.7 Å². The van der Waals surface area contributed by atoms with Gasteiger partial charge in [0.25, 0.3) is 5.91 Å². The molecule has 2 saturated heterocycles. The van der Waals surface area contributed by atoms with Crippen LogP contribution >= 0.6 is 0 Å². The molecular formula is C17H17F3N4O2. The summed E-state index contributed by atoms with van der Waals surface area (Å²) in [6.45, 7) is 1.06. The number of halogens is 3. The lowest BCUT2D eigenvalue weighted by atomic mass is 9.86. The van der Waals surface area contributed by atoms with E-state index in [1.165, 1.54) is 18.2 Å². The van der Waals surface area contributed by atoms with Crippen LogP contribution in [0.15, 0.2) is 18.2 Å². The molecule has 1 atom stereocenters. The third-order valence-electron chi connectivity index (χ3n) is 5.21. The van der Waals surface area contributed by atoms with Gasteiger partial charge in [-0.2, -0.15) is 13.2 Å². The van der Waals surface area contributed by atoms with Crippen molar-refractivity contribution >= 4 is 22.8 Å². The third-order valence-corrected chi connectivity index (χ3v) is 5.21. The number of hydrogen-bond acceptors (Lipinski definition) is 3. The molecule has 0 aliphatic carbocycles. The molecular weight excluding hydrogens is 349 g/mol. The van der Waals surface area contributed by atoms with Gasteiger partial charge >= 0.3 is 6.18 Å². The van der Waals surface area contributed by atoms with Gasteiger partial charge in [0.05, 0.1) is 11.0 Å². The molecule has 2 aliphatic heterocycles. The lowest BCUT2D eigenvalue weighted by Gasteiger charge is -2.40. The van der Waals surface area contributed by atoms with Crippen molar-refractivity contribution in [1.82, 2.24) is 20.2 Å². The van der Waals surface area contributed by atoms with Gasteiger partial charge in [-0.3, -0.25) is 9.59 Å². The van der Waals surface area contributed by atoms with Crippen molar-refractivity contribution in [3.8, 4) is 0 Å². The molecule has 0 saturated carbocycles. The summed E-state index contributed by atoms with van der Waals surface area (Å²) in [7, 11) is 0. The Balaban J connectivity index is 1.68. The average Bonchev–Trinajstić information content (AvgIpc) is 3.21. The number of hydrogen-bond donors (Lipinski definition) is 2. The van der Waals surface area contributed by atoms with Crippen LogP contribution in [-0.2, 0) is 11.0 Å². The van der Waals surface area contributed by atoms with Crippen LogP contribution in [0.2, 0.25) is 0 Å². The number of carbonyl (C=O) groups excluding carboxylic acids is 2. The van der Waals surface area contributed by atoms with E-state index in [1.54, 1.807) is 4.90 Å². The van der Waals surface area contributed by atoms with Crippen molar-refractivity contribution < 1.29 is 22.8 Å². The Bertz CT molecular complexity index is 892. The van der Waals surface area contributed by atoms with Crippen molar-refractivity contribution in [2.24, 2.45) is 0 Å². The van der Waals surface area contributed by atoms with Gasteiger partial charge in [-0.05, 0) is 43.9 Å². The number of fused-ring (bicyclic) bond motifs is 1. The van der Waals surface area contributed by atoms with Crippen LogP contribution < -0.4 is 5.32 Å². The van der Waals surface area contributed by atoms with E-state index in [9.17, 15) is 22.8 Å². The molecule has 138 valence electrons. The average molecular weight is 366 g/mol. The quantitative estimate of drug-likeness (QED) is 0.814. The molecule has 6 nitrogen and oxygen atoms in total. The Kier molecular flexibility index (Phi) is 3.71. The second kappa shape index (κ2) is 5.72. The molecule has 2 amide bonds. The minimum Gasteiger partial charge on any atom is -0.354 e. The number of H-pyrrole nitrogens is 1. The molecule has 3 heterocycles. The number of imidazole rings is 1. The Morgan fingerprint density at radius 1 is 1.23 bits per heavy atom. The van der Waals surface area contributed by atoms with Gasteiger partial charge in [0.1, 0.15) is 5.54 Å². The van der Waals surface area contributed by atoms with E-state index in [1.807, 2.05) is 0 Å². The van der Waals surface area contributed by atoms with Crippen LogP contribution in [0.25, 0.3) is 11.0 Å². The zero-order chi connectivity index (χ0) is 18.5. The summed E-state index contributed by atoms with van der Waals surface area (Å²) in [4.78, 5) is 32.7. The molecule has 0 bridgehead atoms. The highest BCUT2D eigenvalue weighted by atomic mass is 19.4. The number of rotatable bonds is 1. The Morgan fingerprint density at radius 3 is 2.73 bits per heavy atom. The number of piperidine rings is 1. The van der Waals surface area contributed by atoms with Gasteiger partial charge in [-0.1, -0.05) is 0 Å². The summed E-state index contributed by atoms with van der Waals surface area (Å²) >= 11 is 0. The molecule has 1 aromatic carbocycles. The highest BCUT2D eigenvalue weighted by molar-refractivity contribution is 6.01. The molecule has 4 rings (SSSR count). The summed E-state index contributed by atoms with van der Waals surface area (Å²) in [6.07, 6.45) is -1.85. The second-order valence-electron chi connectivity index (χ2n) is 6.77. The van der Waals surface area contributed by atoms with E-state index >= 15 is 0 Å². The van der Waals surface area contributed by atoms with Crippen LogP contribution in [0.4, 0.5) is 13.2 Å². The van der Waals surface area contributed by atoms with E-state index in [2.05, 4.69) is 15.3 Å². The number of carbonyl (C=O) groups is 2. The molecule has 26 heavy (non-hydrogen) atoms. The summed E-state index contributed by atoms with van der Waals surface area (Å²) in [5, 5.41) is 2.83. The van der Waals surface area contributed by atoms with Crippen molar-refractivity contribution in [2.45, 2.75) is 37.4 Å². The number of likely N-dealkylation sites (tertiary alicyclic amines) is 1. The highest BCUT2D eigenvalue weighted by Gasteiger charge is 2.50. The van der Waals surface area contributed by atoms with Gasteiger partial charge in [0.15, 0.2) is 0 Å². The van der Waals surface area contributed by atoms with Crippen molar-refractivity contribution in [3.63, 3.8) is 0 Å². The predicted molar refractivity (Wildman–Crippen MR) is 86.3 cm³/mol. The smallest absolute Gasteiger partial charge is 0.354 e. The van der Waals surface area contributed by atoms with Crippen LogP contribution in [0.3, 0.4) is 0 Å². The summed E-state index contributed by atoms with van der Waals surface area (Å²) < 4.78 is 38.4. The zero-order valence-electron chi connectivity index (χ0n) is 13.8. The molecule has 2 aromatic rings. The number of alkyl halides is 3. The lowest BCUT2D eigenvalue weighted by molar-refractivity contribution is -0.144. The van der Waals surface area contributed by atoms with Crippen LogP contribution in [0.1, 0.15) is 41.9 Å². The van der Waals surface area contributed by atoms with Crippen LogP contribution in [0, 0.1) is 0 Å². The summed E-state index contributed by atoms with van der Waals surface area (Å²) in [6, 6.07) is 4.21. The second-order valence-corrected chi connectivity index (χ2v) is 6.77. The maximum absolute atomic E-state index is 13.0. The zero-order valence-corrected chi connectivity index (χ0v) is 13.8. The Morgan fingerprint density at radius 2 is 2.00 bits per heavy atom. The number of nitrogens with zero attached hydrogens (tertiary/aromatic N) is 2. The first-order valence-electron chi connectivity index (χ1n) is 8.48. The molecule has 0 radical (unpaired) electrons. The number of nitrogens with one attached hydrogen (secondary N) is 2. The number of aromatic amines is 1. The van der Waals surface area contributed by atoms with Crippen molar-refractivity contribution in [1.29, 1.82) is 0 Å². The maximum atomic E-state index is 13.0. The predicted octanol–water partition coefficient (Wildman–Crippen LogP) is 2.47. The Labute approximate surface area is 146 Å². The molecule has 2 N–H and O–H groups in total. The summed E-state index contributed by atoms with van der Waals surface area (Å²) in [5.41, 5.74) is -0.311. The van der Waals surface area contributed by atoms with Crippen molar-refractivity contribution in [3.05, 3.63) is 29.6 Å². The summed E-state index contributed by atoms with van der Waals surface area (Å²) in [5.74, 6) is -1.58. The van der Waals surface area contributed by atoms with Gasteiger partial charge in [-0.25, -0.2) is 4.98 Å². The molecule has 2 fully saturated rings. The first-order chi connectivity index (χ1) is 12.3. The minimum absolute atomic E-state index is 0.139. The number of aromatic nitrogens is 2. The fourth-order valence-electron chi connectivity index (χ4n) is 3.96. The van der Waals surface area contributed by atoms with Crippen molar-refractivity contribution in [2.75, 3.05) is 13.1 Å². The standard InChI is InChI=1S/C17H17F3N4O2/c18-17(19,20)14-22-11-4-3-10(9-12(11)23-14)13(25)24-8-2-6-16(24)5-1-7-21-15(16)26/h3-4,9H,1-2,5-8H2,(H,21,26)(H,22,23). The molecule has 9 heteroatoms. The molecule has 1 unspecified atom stereocenters. The van der Waals surface area contributed by atoms with E-state index in [0.29, 0.717) is 25.9 Å². The van der Waals surface area contributed by atoms with Gasteiger partial charge in [-0.15, -0.1) is 0 Å². The number of benzene rings is 1. The Hall–Kier alpha value is -2.58. The molecule has 2 aliphatic rings. The van der Waals surface area contributed by atoms with Gasteiger partial charge in [0, 0.05) is 18.7 Å². The fraction of sp³-hybridized carbons (Fsp3) is 0.471. The largest absolute Gasteiger partial charge is 0.449 e. The third kappa shape index (κ3) is 2.53. The number of amides is 2. The first-order valence-corrected chi connectivity index (χ1v) is 8.48. The van der Waals surface area contributed by atoms with Crippen LogP contribution in [0.5, 0.6) is 0 Å². The highest BCUT2D eigenvalue weighted by Crippen LogP contribution is 2.37. The SMILES string of the molecule is O=C(c1ccc2nc(C(F)(F)F)[nH]c2c1)N1CCCC12CCCNC2=O. The maximum Gasteiger partial charge on any atom is 0.449 e. The fourth-order valence-corrected chi connectivity index (χ4v) is 3.96. The van der Waals surface area contributed by atoms with Gasteiger partial charge < -0.3 is 15.2 Å². The van der Waals surface area contributed by atoms with E-state index in [0.717, 1.165) is 12.8 Å². The first kappa shape index (κ1) is 16.9.